The summed E-state index contributed by atoms with van der Waals surface area (Å²) in [5.74, 6) is 0.302. The molecule has 21 heavy (non-hydrogen) atoms. The van der Waals surface area contributed by atoms with E-state index in [1.165, 1.54) is 0 Å². The van der Waals surface area contributed by atoms with Crippen LogP contribution in [-0.2, 0) is 4.79 Å². The van der Waals surface area contributed by atoms with Gasteiger partial charge in [0.15, 0.2) is 0 Å². The number of aromatic nitrogens is 1. The van der Waals surface area contributed by atoms with Gasteiger partial charge in [-0.2, -0.15) is 0 Å². The van der Waals surface area contributed by atoms with Crippen LogP contribution in [0.1, 0.15) is 19.0 Å². The molecule has 1 aromatic rings. The summed E-state index contributed by atoms with van der Waals surface area (Å²) < 4.78 is 4.97. The molecule has 1 saturated heterocycles. The van der Waals surface area contributed by atoms with Gasteiger partial charge in [-0.15, -0.1) is 0 Å². The topological polar surface area (TPSA) is 81.8 Å². The fourth-order valence-corrected chi connectivity index (χ4v) is 2.59. The van der Waals surface area contributed by atoms with E-state index in [1.807, 2.05) is 6.92 Å². The molecule has 2 N–H and O–H groups in total. The van der Waals surface area contributed by atoms with Crippen LogP contribution in [0.5, 0.6) is 0 Å². The number of nitrogens with zero attached hydrogens (tertiary/aromatic N) is 3. The number of rotatable bonds is 6. The second-order valence-corrected chi connectivity index (χ2v) is 5.44. The second-order valence-electron chi connectivity index (χ2n) is 5.44. The van der Waals surface area contributed by atoms with E-state index in [0.717, 1.165) is 38.3 Å². The van der Waals surface area contributed by atoms with Crippen molar-refractivity contribution in [1.82, 2.24) is 15.0 Å². The Kier molecular flexibility index (Phi) is 5.72. The zero-order valence-electron chi connectivity index (χ0n) is 12.7. The van der Waals surface area contributed by atoms with E-state index in [1.54, 1.807) is 6.07 Å². The first-order valence-corrected chi connectivity index (χ1v) is 7.42. The maximum atomic E-state index is 11.9. The Morgan fingerprint density at radius 2 is 2.19 bits per heavy atom. The van der Waals surface area contributed by atoms with Crippen LogP contribution in [0, 0.1) is 6.92 Å². The minimum absolute atomic E-state index is 0.0891. The van der Waals surface area contributed by atoms with Crippen molar-refractivity contribution in [2.45, 2.75) is 26.3 Å². The third-order valence-electron chi connectivity index (χ3n) is 3.86. The van der Waals surface area contributed by atoms with Crippen molar-refractivity contribution in [1.29, 1.82) is 0 Å². The fourth-order valence-electron chi connectivity index (χ4n) is 2.59. The molecule has 1 fully saturated rings. The number of anilines is 1. The summed E-state index contributed by atoms with van der Waals surface area (Å²) in [5.41, 5.74) is 0.744. The van der Waals surface area contributed by atoms with Crippen LogP contribution in [0.4, 0.5) is 5.88 Å². The SMILES string of the molecule is CCC(CO)N1CCN(CC(=O)Nc2cc(C)no2)CC1. The van der Waals surface area contributed by atoms with Gasteiger partial charge >= 0.3 is 0 Å². The van der Waals surface area contributed by atoms with Gasteiger partial charge in [0, 0.05) is 38.3 Å². The molecule has 0 radical (unpaired) electrons. The van der Waals surface area contributed by atoms with Crippen LogP contribution in [0.15, 0.2) is 10.6 Å². The predicted octanol–water partition coefficient (Wildman–Crippen LogP) is 0.310. The molecule has 1 amide bonds. The Bertz CT molecular complexity index is 451. The molecule has 1 unspecified atom stereocenters. The van der Waals surface area contributed by atoms with Crippen LogP contribution in [0.25, 0.3) is 0 Å². The van der Waals surface area contributed by atoms with Gasteiger partial charge < -0.3 is 9.63 Å². The molecule has 0 spiro atoms. The normalized spacial score (nSPS) is 18.6. The second kappa shape index (κ2) is 7.53. The molecule has 1 aromatic heterocycles. The average molecular weight is 296 g/mol. The van der Waals surface area contributed by atoms with Gasteiger partial charge in [0.25, 0.3) is 0 Å². The standard InChI is InChI=1S/C14H24N4O3/c1-3-12(10-19)18-6-4-17(5-7-18)9-13(20)15-14-8-11(2)16-21-14/h8,12,19H,3-7,9-10H2,1-2H3,(H,15,20). The Morgan fingerprint density at radius 1 is 1.48 bits per heavy atom. The smallest absolute Gasteiger partial charge is 0.240 e. The summed E-state index contributed by atoms with van der Waals surface area (Å²) in [4.78, 5) is 16.3. The number of amides is 1. The monoisotopic (exact) mass is 296 g/mol. The Morgan fingerprint density at radius 3 is 2.71 bits per heavy atom. The number of aliphatic hydroxyl groups excluding tert-OH is 1. The number of hydrogen-bond acceptors (Lipinski definition) is 6. The number of carbonyl (C=O) groups is 1. The summed E-state index contributed by atoms with van der Waals surface area (Å²) >= 11 is 0. The summed E-state index contributed by atoms with van der Waals surface area (Å²) in [6.45, 7) is 7.87. The zero-order valence-corrected chi connectivity index (χ0v) is 12.7. The molecule has 0 saturated carbocycles. The highest BCUT2D eigenvalue weighted by Gasteiger charge is 2.23. The molecule has 0 aliphatic carbocycles. The van der Waals surface area contributed by atoms with Gasteiger partial charge in [-0.3, -0.25) is 19.9 Å². The van der Waals surface area contributed by atoms with Crippen molar-refractivity contribution in [2.75, 3.05) is 44.6 Å². The quantitative estimate of drug-likeness (QED) is 0.786. The van der Waals surface area contributed by atoms with Crippen molar-refractivity contribution in [3.05, 3.63) is 11.8 Å². The number of piperazine rings is 1. The van der Waals surface area contributed by atoms with Gasteiger partial charge in [0.05, 0.1) is 18.8 Å². The Hall–Kier alpha value is -1.44. The minimum atomic E-state index is -0.0891. The molecule has 2 heterocycles. The van der Waals surface area contributed by atoms with Crippen LogP contribution < -0.4 is 5.32 Å². The molecular weight excluding hydrogens is 272 g/mol. The molecule has 1 aliphatic rings. The third-order valence-corrected chi connectivity index (χ3v) is 3.86. The molecular formula is C14H24N4O3. The lowest BCUT2D eigenvalue weighted by molar-refractivity contribution is -0.118. The van der Waals surface area contributed by atoms with Crippen molar-refractivity contribution >= 4 is 11.8 Å². The van der Waals surface area contributed by atoms with E-state index in [0.29, 0.717) is 12.4 Å². The van der Waals surface area contributed by atoms with E-state index >= 15 is 0 Å². The number of hydrogen-bond donors (Lipinski definition) is 2. The van der Waals surface area contributed by atoms with Gasteiger partial charge in [0.1, 0.15) is 0 Å². The first-order valence-electron chi connectivity index (χ1n) is 7.42. The summed E-state index contributed by atoms with van der Waals surface area (Å²) in [6.07, 6.45) is 0.946. The molecule has 2 rings (SSSR count). The van der Waals surface area contributed by atoms with E-state index < -0.39 is 0 Å². The average Bonchev–Trinajstić information content (AvgIpc) is 2.87. The molecule has 118 valence electrons. The van der Waals surface area contributed by atoms with Crippen LogP contribution in [0.2, 0.25) is 0 Å². The van der Waals surface area contributed by atoms with E-state index in [-0.39, 0.29) is 18.6 Å². The van der Waals surface area contributed by atoms with Gasteiger partial charge in [-0.1, -0.05) is 12.1 Å². The number of aliphatic hydroxyl groups is 1. The maximum Gasteiger partial charge on any atom is 0.240 e. The summed E-state index contributed by atoms with van der Waals surface area (Å²) in [5, 5.41) is 15.8. The number of carbonyl (C=O) groups excluding carboxylic acids is 1. The van der Waals surface area contributed by atoms with Crippen LogP contribution in [0.3, 0.4) is 0 Å². The Balaban J connectivity index is 1.74. The highest BCUT2D eigenvalue weighted by atomic mass is 16.5. The van der Waals surface area contributed by atoms with Gasteiger partial charge in [-0.25, -0.2) is 0 Å². The lowest BCUT2D eigenvalue weighted by Crippen LogP contribution is -2.52. The lowest BCUT2D eigenvalue weighted by Gasteiger charge is -2.38. The van der Waals surface area contributed by atoms with Crippen molar-refractivity contribution in [3.63, 3.8) is 0 Å². The lowest BCUT2D eigenvalue weighted by atomic mass is 10.1. The predicted molar refractivity (Wildman–Crippen MR) is 79.0 cm³/mol. The molecule has 1 atom stereocenters. The number of aryl methyl sites for hydroxylation is 1. The van der Waals surface area contributed by atoms with Crippen LogP contribution >= 0.6 is 0 Å². The van der Waals surface area contributed by atoms with E-state index in [2.05, 4.69) is 27.2 Å². The largest absolute Gasteiger partial charge is 0.395 e. The number of nitrogens with one attached hydrogen (secondary N) is 1. The minimum Gasteiger partial charge on any atom is -0.395 e. The van der Waals surface area contributed by atoms with Crippen molar-refractivity contribution < 1.29 is 14.4 Å². The van der Waals surface area contributed by atoms with Gasteiger partial charge in [-0.05, 0) is 13.3 Å². The van der Waals surface area contributed by atoms with Crippen LogP contribution in [-0.4, -0.2) is 71.3 Å². The molecule has 7 nitrogen and oxygen atoms in total. The van der Waals surface area contributed by atoms with Gasteiger partial charge in [0.2, 0.25) is 11.8 Å². The Labute approximate surface area is 124 Å². The van der Waals surface area contributed by atoms with E-state index in [4.69, 9.17) is 4.52 Å². The highest BCUT2D eigenvalue weighted by molar-refractivity contribution is 5.90. The first kappa shape index (κ1) is 15.9. The first-order chi connectivity index (χ1) is 10.1. The highest BCUT2D eigenvalue weighted by Crippen LogP contribution is 2.10. The fraction of sp³-hybridized carbons (Fsp3) is 0.714. The molecule has 0 aromatic carbocycles. The molecule has 7 heteroatoms. The zero-order chi connectivity index (χ0) is 15.2. The molecule has 0 bridgehead atoms. The van der Waals surface area contributed by atoms with Crippen molar-refractivity contribution in [2.24, 2.45) is 0 Å². The van der Waals surface area contributed by atoms with Crippen molar-refractivity contribution in [3.8, 4) is 0 Å². The summed E-state index contributed by atoms with van der Waals surface area (Å²) in [6, 6.07) is 1.93. The molecule has 1 aliphatic heterocycles. The maximum absolute atomic E-state index is 11.9. The summed E-state index contributed by atoms with van der Waals surface area (Å²) in [7, 11) is 0. The van der Waals surface area contributed by atoms with E-state index in [9.17, 15) is 9.90 Å². The third kappa shape index (κ3) is 4.52.